The molecule has 0 amide bonds. The summed E-state index contributed by atoms with van der Waals surface area (Å²) in [5, 5.41) is 9.71. The van der Waals surface area contributed by atoms with Gasteiger partial charge in [-0.15, -0.1) is 0 Å². The van der Waals surface area contributed by atoms with E-state index in [4.69, 9.17) is 0 Å². The lowest BCUT2D eigenvalue weighted by molar-refractivity contribution is 0.169. The van der Waals surface area contributed by atoms with E-state index in [1.54, 1.807) is 0 Å². The van der Waals surface area contributed by atoms with Crippen molar-refractivity contribution < 1.29 is 5.11 Å². The number of aliphatic hydroxyl groups is 1. The summed E-state index contributed by atoms with van der Waals surface area (Å²) in [6.07, 6.45) is 5.40. The second-order valence-electron chi connectivity index (χ2n) is 4.61. The molecule has 2 atom stereocenters. The van der Waals surface area contributed by atoms with Crippen molar-refractivity contribution in [2.75, 3.05) is 24.0 Å². The Morgan fingerprint density at radius 1 is 1.44 bits per heavy atom. The van der Waals surface area contributed by atoms with Gasteiger partial charge in [0.1, 0.15) is 0 Å². The molecule has 0 radical (unpaired) electrons. The topological polar surface area (TPSA) is 36.4 Å². The Bertz CT molecular complexity index is 342. The number of hydrogen-bond acceptors (Lipinski definition) is 4. The lowest BCUT2D eigenvalue weighted by Crippen LogP contribution is -2.29. The molecule has 0 saturated heterocycles. The van der Waals surface area contributed by atoms with Crippen molar-refractivity contribution in [2.24, 2.45) is 0 Å². The van der Waals surface area contributed by atoms with Crippen LogP contribution in [0.5, 0.6) is 0 Å². The number of aromatic nitrogens is 1. The standard InChI is InChI=1S/C14H24N2OS/c1-5-14(17)13-7-6-12(10-15-13)16(3)11(2)8-9-18-4/h6-7,10-11,14,17H,5,8-9H2,1-4H3/t11?,14-/m1/s1. The predicted molar refractivity (Wildman–Crippen MR) is 80.4 cm³/mol. The van der Waals surface area contributed by atoms with Crippen LogP contribution in [0.3, 0.4) is 0 Å². The molecule has 1 unspecified atom stereocenters. The maximum Gasteiger partial charge on any atom is 0.0957 e. The summed E-state index contributed by atoms with van der Waals surface area (Å²) in [5.74, 6) is 1.17. The highest BCUT2D eigenvalue weighted by atomic mass is 32.2. The van der Waals surface area contributed by atoms with Crippen molar-refractivity contribution in [1.29, 1.82) is 0 Å². The Morgan fingerprint density at radius 3 is 2.67 bits per heavy atom. The van der Waals surface area contributed by atoms with Crippen molar-refractivity contribution in [3.8, 4) is 0 Å². The van der Waals surface area contributed by atoms with Gasteiger partial charge in [0.25, 0.3) is 0 Å². The first kappa shape index (κ1) is 15.3. The lowest BCUT2D eigenvalue weighted by Gasteiger charge is -2.26. The van der Waals surface area contributed by atoms with E-state index in [1.165, 1.54) is 5.75 Å². The van der Waals surface area contributed by atoms with E-state index >= 15 is 0 Å². The summed E-state index contributed by atoms with van der Waals surface area (Å²) < 4.78 is 0. The summed E-state index contributed by atoms with van der Waals surface area (Å²) in [6.45, 7) is 4.18. The Kier molecular flexibility index (Phi) is 6.50. The largest absolute Gasteiger partial charge is 0.387 e. The van der Waals surface area contributed by atoms with Gasteiger partial charge in [0.05, 0.1) is 23.7 Å². The minimum absolute atomic E-state index is 0.446. The molecule has 0 spiro atoms. The average Bonchev–Trinajstić information content (AvgIpc) is 2.43. The lowest BCUT2D eigenvalue weighted by atomic mass is 10.1. The van der Waals surface area contributed by atoms with Crippen molar-refractivity contribution in [1.82, 2.24) is 4.98 Å². The molecule has 1 N–H and O–H groups in total. The Hall–Kier alpha value is -0.740. The van der Waals surface area contributed by atoms with Crippen molar-refractivity contribution in [3.63, 3.8) is 0 Å². The molecule has 0 fully saturated rings. The fraction of sp³-hybridized carbons (Fsp3) is 0.643. The smallest absolute Gasteiger partial charge is 0.0957 e. The van der Waals surface area contributed by atoms with Gasteiger partial charge >= 0.3 is 0 Å². The van der Waals surface area contributed by atoms with Gasteiger partial charge < -0.3 is 10.0 Å². The summed E-state index contributed by atoms with van der Waals surface area (Å²) in [6, 6.07) is 4.46. The van der Waals surface area contributed by atoms with Gasteiger partial charge in [-0.1, -0.05) is 6.92 Å². The van der Waals surface area contributed by atoms with E-state index in [2.05, 4.69) is 30.1 Å². The van der Waals surface area contributed by atoms with Gasteiger partial charge in [-0.05, 0) is 43.9 Å². The molecular weight excluding hydrogens is 244 g/mol. The highest BCUT2D eigenvalue weighted by Crippen LogP contribution is 2.20. The Balaban J connectivity index is 2.66. The van der Waals surface area contributed by atoms with Crippen molar-refractivity contribution in [2.45, 2.75) is 38.8 Å². The van der Waals surface area contributed by atoms with Crippen molar-refractivity contribution in [3.05, 3.63) is 24.0 Å². The van der Waals surface area contributed by atoms with Crippen LogP contribution in [0.15, 0.2) is 18.3 Å². The van der Waals surface area contributed by atoms with Crippen LogP contribution in [0.2, 0.25) is 0 Å². The maximum absolute atomic E-state index is 9.71. The highest BCUT2D eigenvalue weighted by Gasteiger charge is 2.11. The van der Waals surface area contributed by atoms with Crippen LogP contribution >= 0.6 is 11.8 Å². The van der Waals surface area contributed by atoms with E-state index in [1.807, 2.05) is 37.0 Å². The number of nitrogens with zero attached hydrogens (tertiary/aromatic N) is 2. The summed E-state index contributed by atoms with van der Waals surface area (Å²) in [7, 11) is 2.10. The second-order valence-corrected chi connectivity index (χ2v) is 5.59. The van der Waals surface area contributed by atoms with E-state index in [0.29, 0.717) is 12.5 Å². The zero-order valence-corrected chi connectivity index (χ0v) is 12.6. The quantitative estimate of drug-likeness (QED) is 0.824. The first-order chi connectivity index (χ1) is 8.60. The van der Waals surface area contributed by atoms with Gasteiger partial charge in [-0.3, -0.25) is 4.98 Å². The molecule has 0 aliphatic heterocycles. The van der Waals surface area contributed by atoms with Gasteiger partial charge in [0.2, 0.25) is 0 Å². The van der Waals surface area contributed by atoms with Crippen molar-refractivity contribution >= 4 is 17.4 Å². The second kappa shape index (κ2) is 7.64. The number of pyridine rings is 1. The van der Waals surface area contributed by atoms with Crippen LogP contribution in [0.1, 0.15) is 38.5 Å². The molecule has 0 aliphatic rings. The highest BCUT2D eigenvalue weighted by molar-refractivity contribution is 7.98. The number of rotatable bonds is 7. The van der Waals surface area contributed by atoms with E-state index < -0.39 is 6.10 Å². The molecular formula is C14H24N2OS. The molecule has 1 aromatic heterocycles. The SMILES string of the molecule is CC[C@@H](O)c1ccc(N(C)C(C)CCSC)cn1. The molecule has 4 heteroatoms. The molecule has 1 heterocycles. The third kappa shape index (κ3) is 4.18. The van der Waals surface area contributed by atoms with Crippen LogP contribution in [0.4, 0.5) is 5.69 Å². The van der Waals surface area contributed by atoms with Gasteiger partial charge in [-0.25, -0.2) is 0 Å². The molecule has 0 aliphatic carbocycles. The molecule has 1 aromatic rings. The van der Waals surface area contributed by atoms with Crippen LogP contribution < -0.4 is 4.90 Å². The fourth-order valence-corrected chi connectivity index (χ4v) is 2.33. The fourth-order valence-electron chi connectivity index (χ4n) is 1.75. The average molecular weight is 268 g/mol. The summed E-state index contributed by atoms with van der Waals surface area (Å²) in [4.78, 5) is 6.58. The number of thioether (sulfide) groups is 1. The Labute approximate surface area is 115 Å². The first-order valence-corrected chi connectivity index (χ1v) is 7.85. The molecule has 0 aromatic carbocycles. The van der Waals surface area contributed by atoms with E-state index in [0.717, 1.165) is 17.8 Å². The molecule has 102 valence electrons. The third-order valence-electron chi connectivity index (χ3n) is 3.31. The van der Waals surface area contributed by atoms with Gasteiger partial charge in [-0.2, -0.15) is 11.8 Å². The van der Waals surface area contributed by atoms with Crippen LogP contribution in [-0.4, -0.2) is 35.2 Å². The molecule has 0 bridgehead atoms. The maximum atomic E-state index is 9.71. The minimum atomic E-state index is -0.446. The monoisotopic (exact) mass is 268 g/mol. The summed E-state index contributed by atoms with van der Waals surface area (Å²) in [5.41, 5.74) is 1.86. The van der Waals surface area contributed by atoms with E-state index in [-0.39, 0.29) is 0 Å². The predicted octanol–water partition coefficient (Wildman–Crippen LogP) is 3.10. The zero-order chi connectivity index (χ0) is 13.5. The number of hydrogen-bond donors (Lipinski definition) is 1. The molecule has 0 saturated carbocycles. The first-order valence-electron chi connectivity index (χ1n) is 6.45. The molecule has 18 heavy (non-hydrogen) atoms. The van der Waals surface area contributed by atoms with E-state index in [9.17, 15) is 5.11 Å². The van der Waals surface area contributed by atoms with Crippen LogP contribution in [-0.2, 0) is 0 Å². The summed E-state index contributed by atoms with van der Waals surface area (Å²) >= 11 is 1.88. The number of anilines is 1. The normalized spacial score (nSPS) is 14.3. The van der Waals surface area contributed by atoms with Gasteiger partial charge in [0.15, 0.2) is 0 Å². The van der Waals surface area contributed by atoms with Crippen LogP contribution in [0, 0.1) is 0 Å². The third-order valence-corrected chi connectivity index (χ3v) is 3.95. The molecule has 3 nitrogen and oxygen atoms in total. The van der Waals surface area contributed by atoms with Gasteiger partial charge in [0, 0.05) is 13.1 Å². The minimum Gasteiger partial charge on any atom is -0.387 e. The van der Waals surface area contributed by atoms with Crippen LogP contribution in [0.25, 0.3) is 0 Å². The zero-order valence-electron chi connectivity index (χ0n) is 11.8. The molecule has 1 rings (SSSR count). The Morgan fingerprint density at radius 2 is 2.17 bits per heavy atom. The number of aliphatic hydroxyl groups excluding tert-OH is 1.